The van der Waals surface area contributed by atoms with Gasteiger partial charge in [-0.1, -0.05) is 0 Å². The molecule has 0 spiro atoms. The summed E-state index contributed by atoms with van der Waals surface area (Å²) in [5, 5.41) is 141. The van der Waals surface area contributed by atoms with Crippen LogP contribution < -0.4 is 0 Å². The lowest BCUT2D eigenvalue weighted by atomic mass is 9.97. The quantitative estimate of drug-likeness (QED) is 0.103. The minimum atomic E-state index is -1.94. The van der Waals surface area contributed by atoms with Crippen molar-refractivity contribution < 1.29 is 105 Å². The molecule has 45 heavy (non-hydrogen) atoms. The van der Waals surface area contributed by atoms with Crippen molar-refractivity contribution in [3.8, 4) is 0 Å². The molecule has 21 nitrogen and oxygen atoms in total. The summed E-state index contributed by atoms with van der Waals surface area (Å²) in [6.45, 7) is -2.88. The minimum absolute atomic E-state index is 0.643. The van der Waals surface area contributed by atoms with E-state index in [2.05, 4.69) is 0 Å². The summed E-state index contributed by atoms with van der Waals surface area (Å²) in [6, 6.07) is 0. The lowest BCUT2D eigenvalue weighted by molar-refractivity contribution is -0.381. The van der Waals surface area contributed by atoms with Crippen molar-refractivity contribution in [2.24, 2.45) is 0 Å². The van der Waals surface area contributed by atoms with E-state index in [4.69, 9.17) is 33.2 Å². The largest absolute Gasteiger partial charge is 0.394 e. The smallest absolute Gasteiger partial charge is 0.189 e. The molecule has 0 aromatic heterocycles. The van der Waals surface area contributed by atoms with Crippen LogP contribution in [0.5, 0.6) is 0 Å². The Morgan fingerprint density at radius 3 is 0.956 bits per heavy atom. The molecule has 0 aliphatic carbocycles. The van der Waals surface area contributed by atoms with Gasteiger partial charge in [0.05, 0.1) is 26.4 Å². The first-order valence-corrected chi connectivity index (χ1v) is 14.1. The van der Waals surface area contributed by atoms with Gasteiger partial charge in [-0.25, -0.2) is 0 Å². The van der Waals surface area contributed by atoms with E-state index in [-0.39, 0.29) is 0 Å². The van der Waals surface area contributed by atoms with E-state index in [0.717, 1.165) is 0 Å². The highest BCUT2D eigenvalue weighted by Gasteiger charge is 2.51. The Bertz CT molecular complexity index is 914. The highest BCUT2D eigenvalue weighted by molar-refractivity contribution is 4.94. The SMILES string of the molecule is OC[C@H]1O[C@@H](OC[C@H]2O[C@@H](OC[C@H]3O[C@H](O[C@H]4O[C@H](CO)[C@@H](O)[C@H](O)[C@H]4O)[C@H](O)[C@@H](O)[C@@H]3O)[C@H](O)[C@@H](O)[C@@H]2O)[C@H](O)[C@@H](O)[C@@H]1O. The van der Waals surface area contributed by atoms with Crippen LogP contribution in [0.2, 0.25) is 0 Å². The van der Waals surface area contributed by atoms with Crippen LogP contribution in [-0.4, -0.2) is 221 Å². The predicted molar refractivity (Wildman–Crippen MR) is 134 cm³/mol. The van der Waals surface area contributed by atoms with Gasteiger partial charge >= 0.3 is 0 Å². The van der Waals surface area contributed by atoms with Crippen molar-refractivity contribution in [2.45, 2.75) is 123 Å². The molecule has 0 radical (unpaired) electrons. The number of hydrogen-bond donors (Lipinski definition) is 14. The molecule has 4 saturated heterocycles. The van der Waals surface area contributed by atoms with Crippen molar-refractivity contribution in [3.63, 3.8) is 0 Å². The zero-order valence-corrected chi connectivity index (χ0v) is 23.5. The number of rotatable bonds is 10. The summed E-state index contributed by atoms with van der Waals surface area (Å²) in [7, 11) is 0. The molecular formula is C24H42O21. The van der Waals surface area contributed by atoms with Crippen LogP contribution in [0, 0.1) is 0 Å². The molecule has 0 aromatic carbocycles. The van der Waals surface area contributed by atoms with Crippen LogP contribution in [0.3, 0.4) is 0 Å². The van der Waals surface area contributed by atoms with E-state index >= 15 is 0 Å². The lowest BCUT2D eigenvalue weighted by Gasteiger charge is -2.45. The molecule has 4 rings (SSSR count). The van der Waals surface area contributed by atoms with Gasteiger partial charge in [-0.15, -0.1) is 0 Å². The van der Waals surface area contributed by atoms with E-state index in [0.29, 0.717) is 0 Å². The van der Waals surface area contributed by atoms with Crippen molar-refractivity contribution in [2.75, 3.05) is 26.4 Å². The first kappa shape index (κ1) is 37.0. The number of ether oxygens (including phenoxy) is 7. The van der Waals surface area contributed by atoms with Gasteiger partial charge in [0.1, 0.15) is 97.7 Å². The average Bonchev–Trinajstić information content (AvgIpc) is 3.03. The van der Waals surface area contributed by atoms with Crippen LogP contribution in [0.15, 0.2) is 0 Å². The van der Waals surface area contributed by atoms with Gasteiger partial charge in [-0.3, -0.25) is 0 Å². The molecule has 0 bridgehead atoms. The second-order valence-corrected chi connectivity index (χ2v) is 11.2. The molecule has 264 valence electrons. The maximum atomic E-state index is 10.5. The number of hydrogen-bond acceptors (Lipinski definition) is 21. The van der Waals surface area contributed by atoms with Gasteiger partial charge in [-0.2, -0.15) is 0 Å². The summed E-state index contributed by atoms with van der Waals surface area (Å²) < 4.78 is 37.5. The van der Waals surface area contributed by atoms with Gasteiger partial charge in [0.2, 0.25) is 0 Å². The third-order valence-corrected chi connectivity index (χ3v) is 8.15. The Labute approximate surface area is 254 Å². The fraction of sp³-hybridized carbons (Fsp3) is 1.00. The molecule has 4 heterocycles. The first-order valence-electron chi connectivity index (χ1n) is 14.1. The Kier molecular flexibility index (Phi) is 12.8. The Morgan fingerprint density at radius 1 is 0.333 bits per heavy atom. The zero-order chi connectivity index (χ0) is 33.3. The molecule has 21 heteroatoms. The summed E-state index contributed by atoms with van der Waals surface area (Å²) in [4.78, 5) is 0. The van der Waals surface area contributed by atoms with Crippen LogP contribution in [0.1, 0.15) is 0 Å². The highest BCUT2D eigenvalue weighted by Crippen LogP contribution is 2.30. The third-order valence-electron chi connectivity index (χ3n) is 8.15. The van der Waals surface area contributed by atoms with Gasteiger partial charge in [-0.05, 0) is 0 Å². The van der Waals surface area contributed by atoms with Crippen molar-refractivity contribution in [1.29, 1.82) is 0 Å². The lowest BCUT2D eigenvalue weighted by Crippen LogP contribution is -2.64. The van der Waals surface area contributed by atoms with Crippen molar-refractivity contribution in [1.82, 2.24) is 0 Å². The average molecular weight is 667 g/mol. The Hall–Kier alpha value is -0.840. The van der Waals surface area contributed by atoms with E-state index in [1.807, 2.05) is 0 Å². The minimum Gasteiger partial charge on any atom is -0.394 e. The van der Waals surface area contributed by atoms with E-state index in [9.17, 15) is 71.5 Å². The van der Waals surface area contributed by atoms with Crippen LogP contribution in [0.25, 0.3) is 0 Å². The summed E-state index contributed by atoms with van der Waals surface area (Å²) in [5.74, 6) is 0. The summed E-state index contributed by atoms with van der Waals surface area (Å²) in [6.07, 6.45) is -34.6. The molecule has 14 N–H and O–H groups in total. The highest BCUT2D eigenvalue weighted by atomic mass is 16.8. The number of aliphatic hydroxyl groups excluding tert-OH is 14. The maximum absolute atomic E-state index is 10.5. The first-order chi connectivity index (χ1) is 21.2. The summed E-state index contributed by atoms with van der Waals surface area (Å²) >= 11 is 0. The Balaban J connectivity index is 1.36. The van der Waals surface area contributed by atoms with Crippen LogP contribution >= 0.6 is 0 Å². The molecule has 0 saturated carbocycles. The molecular weight excluding hydrogens is 624 g/mol. The van der Waals surface area contributed by atoms with E-state index in [1.54, 1.807) is 0 Å². The maximum Gasteiger partial charge on any atom is 0.189 e. The fourth-order valence-electron chi connectivity index (χ4n) is 5.26. The second-order valence-electron chi connectivity index (χ2n) is 11.2. The molecule has 4 aliphatic rings. The predicted octanol–water partition coefficient (Wildman–Crippen LogP) is -9.75. The Morgan fingerprint density at radius 2 is 0.600 bits per heavy atom. The third kappa shape index (κ3) is 7.75. The van der Waals surface area contributed by atoms with E-state index in [1.165, 1.54) is 0 Å². The summed E-state index contributed by atoms with van der Waals surface area (Å²) in [5.41, 5.74) is 0. The topological polar surface area (TPSA) is 348 Å². The fourth-order valence-corrected chi connectivity index (χ4v) is 5.26. The van der Waals surface area contributed by atoms with Gasteiger partial charge in [0.25, 0.3) is 0 Å². The van der Waals surface area contributed by atoms with E-state index < -0.39 is 149 Å². The normalized spacial score (nSPS) is 52.9. The second kappa shape index (κ2) is 15.6. The standard InChI is InChI=1S/C24H42O21/c25-1-5-9(27)13(31)17(35)21(41-5)39-3-7-11(29)15(33)18(36)22(43-7)40-4-8-12(30)16(34)20(38)24(44-8)45-23-19(37)14(32)10(28)6(2-26)42-23/h5-38H,1-4H2/t5-,6-,7-,8-,9-,10-,11-,12-,13+,14+,15+,16+,17-,18-,19-,20-,21-,22-,23-,24-/m1/s1. The number of aliphatic hydroxyl groups is 14. The monoisotopic (exact) mass is 666 g/mol. The van der Waals surface area contributed by atoms with Crippen LogP contribution in [0.4, 0.5) is 0 Å². The van der Waals surface area contributed by atoms with Gasteiger partial charge in [0, 0.05) is 0 Å². The van der Waals surface area contributed by atoms with Crippen LogP contribution in [-0.2, 0) is 33.2 Å². The van der Waals surface area contributed by atoms with Gasteiger partial charge in [0.15, 0.2) is 25.2 Å². The molecule has 4 aliphatic heterocycles. The van der Waals surface area contributed by atoms with Gasteiger partial charge < -0.3 is 105 Å². The van der Waals surface area contributed by atoms with Crippen molar-refractivity contribution in [3.05, 3.63) is 0 Å². The molecule has 0 unspecified atom stereocenters. The molecule has 0 amide bonds. The van der Waals surface area contributed by atoms with Crippen molar-refractivity contribution >= 4 is 0 Å². The molecule has 20 atom stereocenters. The zero-order valence-electron chi connectivity index (χ0n) is 23.5. The molecule has 0 aromatic rings. The molecule has 4 fully saturated rings.